The lowest BCUT2D eigenvalue weighted by Gasteiger charge is -2.15. The van der Waals surface area contributed by atoms with E-state index in [2.05, 4.69) is 30.3 Å². The van der Waals surface area contributed by atoms with Gasteiger partial charge in [-0.3, -0.25) is 10.1 Å². The summed E-state index contributed by atoms with van der Waals surface area (Å²) in [6.45, 7) is 1.93. The first kappa shape index (κ1) is 17.1. The number of rotatable bonds is 3. The van der Waals surface area contributed by atoms with Gasteiger partial charge in [-0.05, 0) is 63.0 Å². The van der Waals surface area contributed by atoms with Crippen LogP contribution in [0.2, 0.25) is 0 Å². The van der Waals surface area contributed by atoms with E-state index in [0.29, 0.717) is 5.75 Å². The summed E-state index contributed by atoms with van der Waals surface area (Å²) in [6.07, 6.45) is 0. The molecule has 0 spiro atoms. The molecule has 0 bridgehead atoms. The molecule has 5 aromatic rings. The van der Waals surface area contributed by atoms with Crippen molar-refractivity contribution in [2.45, 2.75) is 6.92 Å². The lowest BCUT2D eigenvalue weighted by molar-refractivity contribution is -0.384. The quantitative estimate of drug-likeness (QED) is 0.126. The molecule has 0 radical (unpaired) electrons. The Balaban J connectivity index is 1.61. The van der Waals surface area contributed by atoms with Crippen LogP contribution in [0.25, 0.3) is 32.3 Å². The van der Waals surface area contributed by atoms with Gasteiger partial charge in [-0.2, -0.15) is 0 Å². The molecule has 0 heterocycles. The van der Waals surface area contributed by atoms with E-state index in [0.717, 1.165) is 21.7 Å². The number of carbonyl (C=O) groups is 1. The van der Waals surface area contributed by atoms with E-state index in [1.807, 2.05) is 25.1 Å². The lowest BCUT2D eigenvalue weighted by Crippen LogP contribution is -2.09. The number of hydrogen-bond donors (Lipinski definition) is 0. The summed E-state index contributed by atoms with van der Waals surface area (Å²) in [5, 5.41) is 17.6. The standard InChI is InChI=1S/C24H15NO4/c1-14-20-12-9-16-4-2-3-15-5-6-18(23(20)22(15)16)13-21(14)29-24(26)17-7-10-19(11-8-17)25(27)28/h2-13H,1H3. The fourth-order valence-electron chi connectivity index (χ4n) is 3.91. The summed E-state index contributed by atoms with van der Waals surface area (Å²) in [7, 11) is 0. The van der Waals surface area contributed by atoms with Gasteiger partial charge in [0.15, 0.2) is 0 Å². The molecule has 0 fully saturated rings. The third kappa shape index (κ3) is 2.67. The number of carbonyl (C=O) groups excluding carboxylic acids is 1. The Kier molecular flexibility index (Phi) is 3.71. The fourth-order valence-corrected chi connectivity index (χ4v) is 3.91. The molecule has 5 rings (SSSR count). The van der Waals surface area contributed by atoms with Crippen LogP contribution in [0.5, 0.6) is 5.75 Å². The van der Waals surface area contributed by atoms with Gasteiger partial charge >= 0.3 is 5.97 Å². The number of aryl methyl sites for hydroxylation is 1. The average molecular weight is 381 g/mol. The van der Waals surface area contributed by atoms with E-state index >= 15 is 0 Å². The van der Waals surface area contributed by atoms with Gasteiger partial charge in [0.05, 0.1) is 10.5 Å². The van der Waals surface area contributed by atoms with Crippen molar-refractivity contribution in [3.63, 3.8) is 0 Å². The second-order valence-corrected chi connectivity index (χ2v) is 7.05. The normalized spacial score (nSPS) is 11.3. The highest BCUT2D eigenvalue weighted by atomic mass is 16.6. The Hall–Kier alpha value is -3.99. The van der Waals surface area contributed by atoms with Crippen molar-refractivity contribution in [3.05, 3.63) is 94.0 Å². The first-order valence-electron chi connectivity index (χ1n) is 9.17. The van der Waals surface area contributed by atoms with Crippen LogP contribution in [0.3, 0.4) is 0 Å². The van der Waals surface area contributed by atoms with E-state index in [1.165, 1.54) is 40.4 Å². The van der Waals surface area contributed by atoms with Gasteiger partial charge in [0.2, 0.25) is 0 Å². The van der Waals surface area contributed by atoms with Gasteiger partial charge in [0, 0.05) is 12.1 Å². The van der Waals surface area contributed by atoms with Gasteiger partial charge in [0.25, 0.3) is 5.69 Å². The van der Waals surface area contributed by atoms with Crippen molar-refractivity contribution in [2.75, 3.05) is 0 Å². The van der Waals surface area contributed by atoms with Gasteiger partial charge in [-0.15, -0.1) is 0 Å². The number of nitrogens with zero attached hydrogens (tertiary/aromatic N) is 1. The molecule has 0 saturated heterocycles. The van der Waals surface area contributed by atoms with Crippen LogP contribution in [0.15, 0.2) is 72.8 Å². The SMILES string of the molecule is Cc1c(OC(=O)c2ccc([N+](=O)[O-])cc2)cc2ccc3cccc4ccc1c2c34. The van der Waals surface area contributed by atoms with Crippen LogP contribution in [0, 0.1) is 17.0 Å². The lowest BCUT2D eigenvalue weighted by atomic mass is 9.92. The van der Waals surface area contributed by atoms with Crippen LogP contribution in [-0.4, -0.2) is 10.9 Å². The summed E-state index contributed by atoms with van der Waals surface area (Å²) in [5.41, 5.74) is 1.08. The van der Waals surface area contributed by atoms with Crippen LogP contribution in [0.4, 0.5) is 5.69 Å². The van der Waals surface area contributed by atoms with Gasteiger partial charge in [-0.1, -0.05) is 42.5 Å². The minimum Gasteiger partial charge on any atom is -0.423 e. The monoisotopic (exact) mass is 381 g/mol. The minimum absolute atomic E-state index is 0.0688. The zero-order valence-electron chi connectivity index (χ0n) is 15.5. The van der Waals surface area contributed by atoms with Crippen LogP contribution in [-0.2, 0) is 0 Å². The Morgan fingerprint density at radius 2 is 1.52 bits per heavy atom. The van der Waals surface area contributed by atoms with Gasteiger partial charge in [-0.25, -0.2) is 4.79 Å². The summed E-state index contributed by atoms with van der Waals surface area (Å²) >= 11 is 0. The number of hydrogen-bond acceptors (Lipinski definition) is 4. The molecule has 0 aromatic heterocycles. The molecule has 29 heavy (non-hydrogen) atoms. The van der Waals surface area contributed by atoms with E-state index in [1.54, 1.807) is 0 Å². The maximum absolute atomic E-state index is 12.6. The van der Waals surface area contributed by atoms with Crippen molar-refractivity contribution in [1.82, 2.24) is 0 Å². The van der Waals surface area contributed by atoms with Crippen LogP contribution >= 0.6 is 0 Å². The highest BCUT2D eigenvalue weighted by molar-refractivity contribution is 6.24. The largest absolute Gasteiger partial charge is 0.423 e. The van der Waals surface area contributed by atoms with E-state index in [9.17, 15) is 14.9 Å². The van der Waals surface area contributed by atoms with Crippen molar-refractivity contribution in [1.29, 1.82) is 0 Å². The maximum atomic E-state index is 12.6. The van der Waals surface area contributed by atoms with E-state index < -0.39 is 10.9 Å². The minimum atomic E-state index is -0.546. The maximum Gasteiger partial charge on any atom is 0.343 e. The molecule has 140 valence electrons. The number of nitro benzene ring substituents is 1. The van der Waals surface area contributed by atoms with E-state index in [-0.39, 0.29) is 11.3 Å². The molecule has 0 aliphatic heterocycles. The molecular weight excluding hydrogens is 366 g/mol. The molecular formula is C24H15NO4. The van der Waals surface area contributed by atoms with Crippen LogP contribution < -0.4 is 4.74 Å². The first-order chi connectivity index (χ1) is 14.0. The second kappa shape index (κ2) is 6.27. The molecule has 5 nitrogen and oxygen atoms in total. The first-order valence-corrected chi connectivity index (χ1v) is 9.17. The van der Waals surface area contributed by atoms with Crippen LogP contribution in [0.1, 0.15) is 15.9 Å². The highest BCUT2D eigenvalue weighted by Crippen LogP contribution is 2.39. The second-order valence-electron chi connectivity index (χ2n) is 7.05. The Labute approximate surface area is 165 Å². The zero-order chi connectivity index (χ0) is 20.1. The average Bonchev–Trinajstić information content (AvgIpc) is 2.74. The smallest absolute Gasteiger partial charge is 0.343 e. The summed E-state index contributed by atoms with van der Waals surface area (Å²) in [4.78, 5) is 22.9. The van der Waals surface area contributed by atoms with Gasteiger partial charge < -0.3 is 4.74 Å². The number of ether oxygens (including phenoxy) is 1. The number of esters is 1. The molecule has 0 amide bonds. The Bertz CT molecular complexity index is 1400. The zero-order valence-corrected chi connectivity index (χ0v) is 15.5. The molecule has 5 aromatic carbocycles. The number of nitro groups is 1. The molecule has 0 unspecified atom stereocenters. The third-order valence-electron chi connectivity index (χ3n) is 5.39. The molecule has 0 aliphatic carbocycles. The van der Waals surface area contributed by atoms with Crippen molar-refractivity contribution in [3.8, 4) is 5.75 Å². The molecule has 0 N–H and O–H groups in total. The van der Waals surface area contributed by atoms with Crippen molar-refractivity contribution < 1.29 is 14.5 Å². The molecule has 5 heteroatoms. The number of non-ortho nitro benzene ring substituents is 1. The predicted molar refractivity (Wildman–Crippen MR) is 113 cm³/mol. The predicted octanol–water partition coefficient (Wildman–Crippen LogP) is 6.02. The summed E-state index contributed by atoms with van der Waals surface area (Å²) in [5.74, 6) is -0.0601. The molecule has 0 saturated carbocycles. The number of benzene rings is 5. The summed E-state index contributed by atoms with van der Waals surface area (Å²) < 4.78 is 5.67. The molecule has 0 aliphatic rings. The third-order valence-corrected chi connectivity index (χ3v) is 5.39. The van der Waals surface area contributed by atoms with Crippen molar-refractivity contribution >= 4 is 44.0 Å². The Morgan fingerprint density at radius 3 is 2.21 bits per heavy atom. The van der Waals surface area contributed by atoms with Crippen molar-refractivity contribution in [2.24, 2.45) is 0 Å². The molecule has 0 atom stereocenters. The highest BCUT2D eigenvalue weighted by Gasteiger charge is 2.17. The fraction of sp³-hybridized carbons (Fsp3) is 0.0417. The topological polar surface area (TPSA) is 69.4 Å². The van der Waals surface area contributed by atoms with E-state index in [4.69, 9.17) is 4.74 Å². The van der Waals surface area contributed by atoms with Gasteiger partial charge in [0.1, 0.15) is 5.75 Å². The summed E-state index contributed by atoms with van der Waals surface area (Å²) in [6, 6.07) is 21.8. The Morgan fingerprint density at radius 1 is 0.862 bits per heavy atom.